The molecule has 0 atom stereocenters. The summed E-state index contributed by atoms with van der Waals surface area (Å²) in [5, 5.41) is 18.2. The summed E-state index contributed by atoms with van der Waals surface area (Å²) < 4.78 is 11.0. The van der Waals surface area contributed by atoms with Crippen LogP contribution in [0, 0.1) is 16.7 Å². The average molecular weight is 291 g/mol. The largest absolute Gasteiger partial charge is 0.490 e. The average Bonchev–Trinajstić information content (AvgIpc) is 2.44. The van der Waals surface area contributed by atoms with E-state index in [1.165, 1.54) is 6.07 Å². The minimum absolute atomic E-state index is 0.0838. The number of nitriles is 1. The van der Waals surface area contributed by atoms with Crippen molar-refractivity contribution in [3.8, 4) is 17.6 Å². The van der Waals surface area contributed by atoms with Gasteiger partial charge >= 0.3 is 5.97 Å². The number of ether oxygens (including phenoxy) is 2. The summed E-state index contributed by atoms with van der Waals surface area (Å²) in [7, 11) is 0. The standard InChI is InChI=1S/C16H21NO4/c1-4-20-13-8-5-7-12(15(18)19)14(13)21-10-6-9-16(2,3)11-17/h5,7-8H,4,6,9-10H2,1-3H3,(H,18,19). The summed E-state index contributed by atoms with van der Waals surface area (Å²) >= 11 is 0. The summed E-state index contributed by atoms with van der Waals surface area (Å²) in [5.41, 5.74) is -0.321. The monoisotopic (exact) mass is 291 g/mol. The van der Waals surface area contributed by atoms with Gasteiger partial charge in [0.15, 0.2) is 11.5 Å². The molecule has 0 aromatic heterocycles. The maximum absolute atomic E-state index is 11.2. The molecule has 0 aliphatic carbocycles. The van der Waals surface area contributed by atoms with Gasteiger partial charge in [0.05, 0.1) is 24.7 Å². The van der Waals surface area contributed by atoms with Crippen LogP contribution in [0.3, 0.4) is 0 Å². The van der Waals surface area contributed by atoms with Crippen molar-refractivity contribution >= 4 is 5.97 Å². The molecule has 0 spiro atoms. The van der Waals surface area contributed by atoms with Crippen molar-refractivity contribution in [3.05, 3.63) is 23.8 Å². The van der Waals surface area contributed by atoms with Crippen LogP contribution < -0.4 is 9.47 Å². The zero-order valence-corrected chi connectivity index (χ0v) is 12.7. The van der Waals surface area contributed by atoms with Crippen molar-refractivity contribution in [2.24, 2.45) is 5.41 Å². The van der Waals surface area contributed by atoms with Gasteiger partial charge in [-0.15, -0.1) is 0 Å². The van der Waals surface area contributed by atoms with E-state index in [9.17, 15) is 9.90 Å². The Morgan fingerprint density at radius 1 is 1.38 bits per heavy atom. The Morgan fingerprint density at radius 2 is 2.10 bits per heavy atom. The molecule has 1 aromatic carbocycles. The molecule has 0 bridgehead atoms. The van der Waals surface area contributed by atoms with Crippen molar-refractivity contribution < 1.29 is 19.4 Å². The second-order valence-electron chi connectivity index (χ2n) is 5.32. The van der Waals surface area contributed by atoms with Gasteiger partial charge in [0.1, 0.15) is 5.56 Å². The van der Waals surface area contributed by atoms with Gasteiger partial charge in [-0.2, -0.15) is 5.26 Å². The Morgan fingerprint density at radius 3 is 2.67 bits per heavy atom. The number of para-hydroxylation sites is 1. The lowest BCUT2D eigenvalue weighted by atomic mass is 9.90. The fraction of sp³-hybridized carbons (Fsp3) is 0.500. The Labute approximate surface area is 125 Å². The van der Waals surface area contributed by atoms with E-state index < -0.39 is 11.4 Å². The molecule has 5 nitrogen and oxygen atoms in total. The van der Waals surface area contributed by atoms with Crippen molar-refractivity contribution in [2.45, 2.75) is 33.6 Å². The van der Waals surface area contributed by atoms with Crippen LogP contribution in [0.5, 0.6) is 11.5 Å². The fourth-order valence-electron chi connectivity index (χ4n) is 1.85. The van der Waals surface area contributed by atoms with E-state index >= 15 is 0 Å². The predicted molar refractivity (Wildman–Crippen MR) is 78.7 cm³/mol. The van der Waals surface area contributed by atoms with Crippen molar-refractivity contribution in [1.29, 1.82) is 5.26 Å². The number of hydrogen-bond acceptors (Lipinski definition) is 4. The molecule has 1 aromatic rings. The van der Waals surface area contributed by atoms with Crippen LogP contribution in [0.25, 0.3) is 0 Å². The van der Waals surface area contributed by atoms with E-state index in [1.807, 2.05) is 20.8 Å². The topological polar surface area (TPSA) is 79.6 Å². The van der Waals surface area contributed by atoms with Gasteiger partial charge in [0.25, 0.3) is 0 Å². The number of carboxylic acid groups (broad SMARTS) is 1. The highest BCUT2D eigenvalue weighted by molar-refractivity contribution is 5.92. The molecule has 0 fully saturated rings. The van der Waals surface area contributed by atoms with Gasteiger partial charge in [-0.05, 0) is 45.7 Å². The number of hydrogen-bond donors (Lipinski definition) is 1. The van der Waals surface area contributed by atoms with Crippen LogP contribution in [0.15, 0.2) is 18.2 Å². The Hall–Kier alpha value is -2.22. The van der Waals surface area contributed by atoms with E-state index in [2.05, 4.69) is 6.07 Å². The molecule has 0 saturated heterocycles. The van der Waals surface area contributed by atoms with E-state index in [0.29, 0.717) is 31.8 Å². The SMILES string of the molecule is CCOc1cccc(C(=O)O)c1OCCCC(C)(C)C#N. The summed E-state index contributed by atoms with van der Waals surface area (Å²) in [6.45, 7) is 6.33. The number of rotatable bonds is 8. The first-order chi connectivity index (χ1) is 9.91. The van der Waals surface area contributed by atoms with Crippen LogP contribution in [0.4, 0.5) is 0 Å². The third-order valence-electron chi connectivity index (χ3n) is 3.00. The molecule has 21 heavy (non-hydrogen) atoms. The number of benzene rings is 1. The second kappa shape index (κ2) is 7.53. The maximum atomic E-state index is 11.2. The summed E-state index contributed by atoms with van der Waals surface area (Å²) in [4.78, 5) is 11.2. The molecule has 0 saturated carbocycles. The van der Waals surface area contributed by atoms with E-state index in [1.54, 1.807) is 12.1 Å². The van der Waals surface area contributed by atoms with Crippen molar-refractivity contribution in [1.82, 2.24) is 0 Å². The quantitative estimate of drug-likeness (QED) is 0.741. The lowest BCUT2D eigenvalue weighted by molar-refractivity contribution is 0.0691. The highest BCUT2D eigenvalue weighted by Gasteiger charge is 2.18. The molecule has 1 N–H and O–H groups in total. The third kappa shape index (κ3) is 4.99. The highest BCUT2D eigenvalue weighted by atomic mass is 16.5. The first-order valence-electron chi connectivity index (χ1n) is 6.94. The van der Waals surface area contributed by atoms with Crippen LogP contribution >= 0.6 is 0 Å². The first-order valence-corrected chi connectivity index (χ1v) is 6.94. The zero-order valence-electron chi connectivity index (χ0n) is 12.7. The molecule has 1 rings (SSSR count). The lowest BCUT2D eigenvalue weighted by Gasteiger charge is -2.17. The molecule has 114 valence electrons. The van der Waals surface area contributed by atoms with Crippen LogP contribution in [0.1, 0.15) is 44.0 Å². The second-order valence-corrected chi connectivity index (χ2v) is 5.32. The number of aromatic carboxylic acids is 1. The molecule has 0 amide bonds. The molecule has 5 heteroatoms. The summed E-state index contributed by atoms with van der Waals surface area (Å²) in [6.07, 6.45) is 1.35. The molecular weight excluding hydrogens is 270 g/mol. The van der Waals surface area contributed by atoms with Gasteiger partial charge in [-0.3, -0.25) is 0 Å². The van der Waals surface area contributed by atoms with Crippen LogP contribution in [-0.2, 0) is 0 Å². The first kappa shape index (κ1) is 16.8. The van der Waals surface area contributed by atoms with Gasteiger partial charge in [-0.25, -0.2) is 4.79 Å². The zero-order chi connectivity index (χ0) is 15.9. The minimum atomic E-state index is -1.05. The minimum Gasteiger partial charge on any atom is -0.490 e. The maximum Gasteiger partial charge on any atom is 0.339 e. The molecule has 0 unspecified atom stereocenters. The number of carbonyl (C=O) groups is 1. The molecule has 0 aliphatic heterocycles. The Bertz CT molecular complexity index is 532. The summed E-state index contributed by atoms with van der Waals surface area (Å²) in [6, 6.07) is 7.02. The van der Waals surface area contributed by atoms with E-state index in [0.717, 1.165) is 0 Å². The molecule has 0 heterocycles. The lowest BCUT2D eigenvalue weighted by Crippen LogP contribution is -2.11. The molecule has 0 aliphatic rings. The van der Waals surface area contributed by atoms with E-state index in [4.69, 9.17) is 14.7 Å². The molecular formula is C16H21NO4. The predicted octanol–water partition coefficient (Wildman–Crippen LogP) is 3.49. The number of nitrogens with zero attached hydrogens (tertiary/aromatic N) is 1. The van der Waals surface area contributed by atoms with Crippen LogP contribution in [0.2, 0.25) is 0 Å². The summed E-state index contributed by atoms with van der Waals surface area (Å²) in [5.74, 6) is -0.373. The Kier molecular flexibility index (Phi) is 6.04. The van der Waals surface area contributed by atoms with Gasteiger partial charge < -0.3 is 14.6 Å². The van der Waals surface area contributed by atoms with Gasteiger partial charge in [-0.1, -0.05) is 6.07 Å². The smallest absolute Gasteiger partial charge is 0.339 e. The molecule has 0 radical (unpaired) electrons. The van der Waals surface area contributed by atoms with Crippen molar-refractivity contribution in [3.63, 3.8) is 0 Å². The number of carboxylic acids is 1. The third-order valence-corrected chi connectivity index (χ3v) is 3.00. The van der Waals surface area contributed by atoms with E-state index in [-0.39, 0.29) is 11.3 Å². The van der Waals surface area contributed by atoms with Gasteiger partial charge in [0, 0.05) is 0 Å². The normalized spacial score (nSPS) is 10.8. The van der Waals surface area contributed by atoms with Crippen LogP contribution in [-0.4, -0.2) is 24.3 Å². The van der Waals surface area contributed by atoms with Gasteiger partial charge in [0.2, 0.25) is 0 Å². The fourth-order valence-corrected chi connectivity index (χ4v) is 1.85. The highest BCUT2D eigenvalue weighted by Crippen LogP contribution is 2.32. The van der Waals surface area contributed by atoms with Crippen molar-refractivity contribution in [2.75, 3.05) is 13.2 Å². The Balaban J connectivity index is 2.77.